The molecule has 3 aliphatic rings. The molecule has 2 unspecified atom stereocenters. The number of nitrogens with zero attached hydrogens (tertiary/aromatic N) is 13. The highest BCUT2D eigenvalue weighted by atomic mass is 32.2. The predicted octanol–water partition coefficient (Wildman–Crippen LogP) is -1.29. The van der Waals surface area contributed by atoms with Gasteiger partial charge in [0.1, 0.15) is 25.3 Å². The number of carbonyl (C=O) groups is 6. The number of hydrogen-bond acceptors (Lipinski definition) is 20. The quantitative estimate of drug-likeness (QED) is 0.0331. The SMILES string of the molecule is C=S(C)c1ncn[nH]1.CC(=O)Nc1nn[nH]n1.CC1=NCC(=O)N1.CC1CC(=O)NC1=O.CN1CC(=O)NC1=O.CSc1n[nH]c(=O)[nH]1.Cc1cnn(O)c1C.Cc1nnn(O)c1C. The van der Waals surface area contributed by atoms with Gasteiger partial charge in [-0.15, -0.1) is 35.7 Å². The second-order valence-electron chi connectivity index (χ2n) is 12.7. The smallest absolute Gasteiger partial charge is 0.341 e. The van der Waals surface area contributed by atoms with Crippen LogP contribution in [0.2, 0.25) is 0 Å². The Labute approximate surface area is 370 Å². The molecule has 5 aromatic heterocycles. The zero-order valence-electron chi connectivity index (χ0n) is 36.4. The number of anilines is 1. The maximum atomic E-state index is 10.5. The van der Waals surface area contributed by atoms with E-state index in [4.69, 9.17) is 10.4 Å². The molecule has 8 heterocycles. The van der Waals surface area contributed by atoms with Crippen LogP contribution in [-0.4, -0.2) is 171 Å². The fourth-order valence-electron chi connectivity index (χ4n) is 3.65. The highest BCUT2D eigenvalue weighted by Crippen LogP contribution is 2.11. The van der Waals surface area contributed by atoms with Crippen molar-refractivity contribution in [2.45, 2.75) is 65.2 Å². The lowest BCUT2D eigenvalue weighted by Gasteiger charge is -1.99. The molecule has 0 radical (unpaired) electrons. The fourth-order valence-corrected chi connectivity index (χ4v) is 4.42. The van der Waals surface area contributed by atoms with Crippen LogP contribution in [-0.2, 0) is 24.0 Å². The fraction of sp³-hybridized carbons (Fsp3) is 0.438. The van der Waals surface area contributed by atoms with Crippen LogP contribution in [0.3, 0.4) is 0 Å². The molecular weight excluding hydrogens is 887 g/mol. The summed E-state index contributed by atoms with van der Waals surface area (Å²) in [6.07, 6.45) is 7.30. The number of nitrogens with one attached hydrogen (secondary N) is 8. The zero-order valence-corrected chi connectivity index (χ0v) is 38.1. The number of likely N-dealkylation sites (N-methyl/N-ethyl adjacent to an activating group) is 1. The van der Waals surface area contributed by atoms with E-state index in [0.29, 0.717) is 23.8 Å². The van der Waals surface area contributed by atoms with Crippen LogP contribution in [0.4, 0.5) is 10.7 Å². The average Bonchev–Trinajstić information content (AvgIpc) is 4.12. The lowest BCUT2D eigenvalue weighted by Crippen LogP contribution is -2.24. The first-order valence-corrected chi connectivity index (χ1v) is 21.1. The molecule has 350 valence electrons. The lowest BCUT2D eigenvalue weighted by molar-refractivity contribution is -0.126. The Morgan fingerprint density at radius 2 is 1.62 bits per heavy atom. The first kappa shape index (κ1) is 54.4. The Kier molecular flexibility index (Phi) is 23.8. The molecule has 0 aromatic carbocycles. The zero-order chi connectivity index (χ0) is 48.5. The van der Waals surface area contributed by atoms with Crippen LogP contribution in [0, 0.1) is 33.6 Å². The largest absolute Gasteiger partial charge is 0.411 e. The summed E-state index contributed by atoms with van der Waals surface area (Å²) in [5.41, 5.74) is 2.99. The molecule has 0 aliphatic carbocycles. The van der Waals surface area contributed by atoms with Gasteiger partial charge in [-0.1, -0.05) is 34.5 Å². The van der Waals surface area contributed by atoms with E-state index in [1.165, 1.54) is 29.9 Å². The maximum Gasteiger partial charge on any atom is 0.341 e. The van der Waals surface area contributed by atoms with E-state index >= 15 is 0 Å². The van der Waals surface area contributed by atoms with E-state index in [-0.39, 0.29) is 70.2 Å². The third-order valence-corrected chi connectivity index (χ3v) is 8.76. The van der Waals surface area contributed by atoms with Crippen LogP contribution >= 0.6 is 22.2 Å². The number of aromatic nitrogens is 15. The highest BCUT2D eigenvalue weighted by molar-refractivity contribution is 8.13. The van der Waals surface area contributed by atoms with Crippen LogP contribution in [0.15, 0.2) is 32.6 Å². The molecule has 30 nitrogen and oxygen atoms in total. The van der Waals surface area contributed by atoms with Gasteiger partial charge in [-0.2, -0.15) is 10.3 Å². The summed E-state index contributed by atoms with van der Waals surface area (Å²) in [5.74, 6) is 3.86. The van der Waals surface area contributed by atoms with Crippen molar-refractivity contribution in [1.29, 1.82) is 0 Å². The van der Waals surface area contributed by atoms with Gasteiger partial charge >= 0.3 is 11.7 Å². The van der Waals surface area contributed by atoms with E-state index in [1.54, 1.807) is 40.9 Å². The first-order chi connectivity index (χ1) is 30.0. The number of amidine groups is 1. The van der Waals surface area contributed by atoms with Crippen molar-refractivity contribution in [3.05, 3.63) is 45.7 Å². The number of carbonyl (C=O) groups excluding carboxylic acids is 6. The first-order valence-electron chi connectivity index (χ1n) is 18.0. The summed E-state index contributed by atoms with van der Waals surface area (Å²) >= 11 is 1.39. The lowest BCUT2D eigenvalue weighted by atomic mass is 10.1. The average molecular weight is 938 g/mol. The van der Waals surface area contributed by atoms with Gasteiger partial charge in [-0.25, -0.2) is 19.7 Å². The van der Waals surface area contributed by atoms with Crippen LogP contribution < -0.4 is 27.0 Å². The van der Waals surface area contributed by atoms with Gasteiger partial charge in [0.05, 0.1) is 23.3 Å². The molecule has 2 fully saturated rings. The van der Waals surface area contributed by atoms with Crippen molar-refractivity contribution < 1.29 is 39.2 Å². The van der Waals surface area contributed by atoms with Crippen molar-refractivity contribution in [2.75, 3.05) is 38.0 Å². The molecule has 7 amide bonds. The summed E-state index contributed by atoms with van der Waals surface area (Å²) < 4.78 is 0. The second-order valence-corrected chi connectivity index (χ2v) is 15.1. The van der Waals surface area contributed by atoms with E-state index in [2.05, 4.69) is 98.5 Å². The van der Waals surface area contributed by atoms with Gasteiger partial charge in [0.25, 0.3) is 5.95 Å². The number of imide groups is 2. The number of aliphatic imine (C=N–C) groups is 1. The van der Waals surface area contributed by atoms with Crippen LogP contribution in [0.1, 0.15) is 49.8 Å². The van der Waals surface area contributed by atoms with Crippen molar-refractivity contribution in [3.63, 3.8) is 0 Å². The summed E-state index contributed by atoms with van der Waals surface area (Å²) in [4.78, 5) is 85.3. The minimum atomic E-state index is -0.310. The number of rotatable bonds is 3. The monoisotopic (exact) mass is 937 g/mol. The number of tetrazole rings is 1. The molecule has 64 heavy (non-hydrogen) atoms. The van der Waals surface area contributed by atoms with Gasteiger partial charge in [0, 0.05) is 26.3 Å². The Bertz CT molecular complexity index is 2250. The molecule has 10 N–H and O–H groups in total. The normalized spacial score (nSPS) is 14.7. The summed E-state index contributed by atoms with van der Waals surface area (Å²) in [6.45, 7) is 12.6. The minimum Gasteiger partial charge on any atom is -0.411 e. The van der Waals surface area contributed by atoms with Gasteiger partial charge in [-0.3, -0.25) is 55.0 Å². The minimum absolute atomic E-state index is 0.00231. The Morgan fingerprint density at radius 1 is 0.938 bits per heavy atom. The van der Waals surface area contributed by atoms with Gasteiger partial charge in [0.15, 0.2) is 10.3 Å². The maximum absolute atomic E-state index is 10.5. The molecule has 0 saturated carbocycles. The number of hydrogen-bond donors (Lipinski definition) is 10. The van der Waals surface area contributed by atoms with Crippen molar-refractivity contribution >= 4 is 75.5 Å². The van der Waals surface area contributed by atoms with E-state index in [1.807, 2.05) is 26.4 Å². The Morgan fingerprint density at radius 3 is 1.83 bits per heavy atom. The third kappa shape index (κ3) is 21.7. The van der Waals surface area contributed by atoms with Gasteiger partial charge in [0.2, 0.25) is 29.5 Å². The van der Waals surface area contributed by atoms with E-state index in [9.17, 15) is 33.6 Å². The molecular formula is C32H51N21O9S2. The summed E-state index contributed by atoms with van der Waals surface area (Å²) in [7, 11) is 1.54. The number of urea groups is 1. The van der Waals surface area contributed by atoms with Crippen molar-refractivity contribution in [3.8, 4) is 0 Å². The third-order valence-electron chi connectivity index (χ3n) is 7.32. The number of aryl methyl sites for hydroxylation is 2. The summed E-state index contributed by atoms with van der Waals surface area (Å²) in [6, 6.07) is -0.310. The topological polar surface area (TPSA) is 413 Å². The molecule has 2 atom stereocenters. The highest BCUT2D eigenvalue weighted by Gasteiger charge is 2.25. The molecule has 2 saturated heterocycles. The molecule has 3 aliphatic heterocycles. The number of aromatic amines is 4. The summed E-state index contributed by atoms with van der Waals surface area (Å²) in [5, 5.41) is 63.2. The molecule has 0 spiro atoms. The van der Waals surface area contributed by atoms with E-state index in [0.717, 1.165) is 37.6 Å². The molecule has 5 aromatic rings. The Balaban J connectivity index is 0.000000366. The predicted molar refractivity (Wildman–Crippen MR) is 230 cm³/mol. The van der Waals surface area contributed by atoms with Crippen LogP contribution in [0.5, 0.6) is 0 Å². The molecule has 0 bridgehead atoms. The van der Waals surface area contributed by atoms with Crippen molar-refractivity contribution in [1.82, 2.24) is 96.9 Å². The van der Waals surface area contributed by atoms with Crippen molar-refractivity contribution in [2.24, 2.45) is 10.9 Å². The molecule has 8 rings (SSSR count). The number of amides is 7. The number of thioether (sulfide) groups is 1. The number of H-pyrrole nitrogens is 4. The second kappa shape index (κ2) is 28.1. The standard InChI is InChI=1S/C5H8N2O.C5H7NO2.C4H7N3O.C4H7N3S.C4H6N2O2.C4H6N2O.C3H5N5O.C3H5N3OS/c1-4-3-6-7(8)5(4)2;1-3-2-4(7)6-5(3)8;1-3-4(2)7(8)6-5-3;1-8(2)4-5-3-6-7-4;1-6-2-3(7)5-4(6)8;1-3-5-2-4(7)6-3;1-2(9)4-3-5-7-8-6-3;1-8-3-4-2(7)5-6-3/h3,8H,1-2H3;3H,2H2,1H3,(H,6,7,8);8H,1-2H3;3H,1H2,2H3,(H,5,6,7);2H2,1H3,(H,5,7,8);2H2,1H3,(H,5,6,7);1H3,(H2,4,5,6,7,8,9);1H3,(H2,4,5,6,7). The van der Waals surface area contributed by atoms with Gasteiger partial charge < -0.3 is 20.6 Å². The molecule has 32 heteroatoms. The van der Waals surface area contributed by atoms with E-state index < -0.39 is 0 Å². The Hall–Kier alpha value is -7.64. The van der Waals surface area contributed by atoms with Crippen LogP contribution in [0.25, 0.3) is 0 Å². The van der Waals surface area contributed by atoms with Gasteiger partial charge in [-0.05, 0) is 63.1 Å².